The second kappa shape index (κ2) is 5.31. The molecule has 0 amide bonds. The molecule has 0 aliphatic carbocycles. The van der Waals surface area contributed by atoms with Crippen LogP contribution in [0.4, 0.5) is 4.39 Å². The Bertz CT molecular complexity index is 567. The molecule has 0 aliphatic heterocycles. The summed E-state index contributed by atoms with van der Waals surface area (Å²) in [5.41, 5.74) is 0. The Morgan fingerprint density at radius 2 is 2.00 bits per heavy atom. The normalized spacial score (nSPS) is 10.8. The van der Waals surface area contributed by atoms with Gasteiger partial charge in [-0.3, -0.25) is 4.79 Å². The van der Waals surface area contributed by atoms with Gasteiger partial charge < -0.3 is 9.15 Å². The molecule has 2 rings (SSSR count). The van der Waals surface area contributed by atoms with Crippen molar-refractivity contribution in [1.29, 1.82) is 0 Å². The number of benzene rings is 1. The van der Waals surface area contributed by atoms with E-state index >= 15 is 0 Å². The van der Waals surface area contributed by atoms with Crippen molar-refractivity contribution >= 4 is 11.9 Å². The van der Waals surface area contributed by atoms with E-state index < -0.39 is 0 Å². The van der Waals surface area contributed by atoms with Gasteiger partial charge in [-0.05, 0) is 43.3 Å². The molecule has 2 aromatic rings. The van der Waals surface area contributed by atoms with Gasteiger partial charge in [-0.2, -0.15) is 0 Å². The zero-order valence-electron chi connectivity index (χ0n) is 9.72. The first kappa shape index (κ1) is 12.1. The number of ether oxygens (including phenoxy) is 1. The molecule has 0 N–H and O–H groups in total. The first-order valence-electron chi connectivity index (χ1n) is 5.35. The maximum Gasteiger partial charge on any atom is 0.172 e. The van der Waals surface area contributed by atoms with Crippen molar-refractivity contribution in [3.63, 3.8) is 0 Å². The van der Waals surface area contributed by atoms with Crippen molar-refractivity contribution in [3.8, 4) is 11.5 Å². The SMILES string of the molecule is CC(=O)/C=C/c1occc1Oc1ccc(F)cc1. The largest absolute Gasteiger partial charge is 0.461 e. The predicted molar refractivity (Wildman–Crippen MR) is 64.9 cm³/mol. The van der Waals surface area contributed by atoms with Gasteiger partial charge in [-0.1, -0.05) is 0 Å². The van der Waals surface area contributed by atoms with E-state index in [0.717, 1.165) is 0 Å². The fourth-order valence-corrected chi connectivity index (χ4v) is 1.34. The molecule has 0 radical (unpaired) electrons. The second-order valence-electron chi connectivity index (χ2n) is 3.65. The minimum absolute atomic E-state index is 0.0841. The summed E-state index contributed by atoms with van der Waals surface area (Å²) in [4.78, 5) is 10.8. The number of ketones is 1. The molecule has 0 saturated carbocycles. The minimum Gasteiger partial charge on any atom is -0.461 e. The number of allylic oxidation sites excluding steroid dienone is 1. The average molecular weight is 246 g/mol. The third-order valence-corrected chi connectivity index (χ3v) is 2.17. The number of halogens is 1. The molecule has 0 spiro atoms. The summed E-state index contributed by atoms with van der Waals surface area (Å²) in [6.45, 7) is 1.44. The fourth-order valence-electron chi connectivity index (χ4n) is 1.34. The third kappa shape index (κ3) is 3.07. The lowest BCUT2D eigenvalue weighted by atomic mass is 10.3. The Hall–Kier alpha value is -2.36. The van der Waals surface area contributed by atoms with Crippen molar-refractivity contribution in [2.45, 2.75) is 6.92 Å². The molecule has 0 bridgehead atoms. The summed E-state index contributed by atoms with van der Waals surface area (Å²) in [5.74, 6) is 0.995. The van der Waals surface area contributed by atoms with Crippen LogP contribution in [0.1, 0.15) is 12.7 Å². The minimum atomic E-state index is -0.328. The molecule has 1 aromatic heterocycles. The number of hydrogen-bond donors (Lipinski definition) is 0. The average Bonchev–Trinajstić information content (AvgIpc) is 2.77. The first-order valence-corrected chi connectivity index (χ1v) is 5.35. The van der Waals surface area contributed by atoms with Crippen LogP contribution in [0.3, 0.4) is 0 Å². The summed E-state index contributed by atoms with van der Waals surface area (Å²) in [6, 6.07) is 7.27. The number of hydrogen-bond acceptors (Lipinski definition) is 3. The van der Waals surface area contributed by atoms with Gasteiger partial charge in [-0.25, -0.2) is 4.39 Å². The zero-order chi connectivity index (χ0) is 13.0. The molecule has 0 saturated heterocycles. The van der Waals surface area contributed by atoms with Crippen molar-refractivity contribution < 1.29 is 18.3 Å². The number of furan rings is 1. The van der Waals surface area contributed by atoms with E-state index in [1.807, 2.05) is 0 Å². The van der Waals surface area contributed by atoms with E-state index in [2.05, 4.69) is 0 Å². The lowest BCUT2D eigenvalue weighted by Gasteiger charge is -2.03. The molecule has 0 aliphatic rings. The Kier molecular flexibility index (Phi) is 3.57. The maximum atomic E-state index is 12.7. The predicted octanol–water partition coefficient (Wildman–Crippen LogP) is 3.81. The molecular weight excluding hydrogens is 235 g/mol. The molecule has 18 heavy (non-hydrogen) atoms. The van der Waals surface area contributed by atoms with E-state index in [9.17, 15) is 9.18 Å². The monoisotopic (exact) mass is 246 g/mol. The van der Waals surface area contributed by atoms with E-state index in [1.54, 1.807) is 6.07 Å². The third-order valence-electron chi connectivity index (χ3n) is 2.17. The lowest BCUT2D eigenvalue weighted by molar-refractivity contribution is -0.112. The molecule has 3 nitrogen and oxygen atoms in total. The highest BCUT2D eigenvalue weighted by molar-refractivity contribution is 5.91. The van der Waals surface area contributed by atoms with Gasteiger partial charge in [0.05, 0.1) is 6.26 Å². The summed E-state index contributed by atoms with van der Waals surface area (Å²) >= 11 is 0. The van der Waals surface area contributed by atoms with E-state index in [4.69, 9.17) is 9.15 Å². The number of carbonyl (C=O) groups excluding carboxylic acids is 1. The Morgan fingerprint density at radius 1 is 1.28 bits per heavy atom. The van der Waals surface area contributed by atoms with Gasteiger partial charge in [0.2, 0.25) is 0 Å². The fraction of sp³-hybridized carbons (Fsp3) is 0.0714. The van der Waals surface area contributed by atoms with Gasteiger partial charge in [0.25, 0.3) is 0 Å². The van der Waals surface area contributed by atoms with Crippen LogP contribution in [-0.4, -0.2) is 5.78 Å². The quantitative estimate of drug-likeness (QED) is 0.770. The van der Waals surface area contributed by atoms with E-state index in [0.29, 0.717) is 17.3 Å². The van der Waals surface area contributed by atoms with Gasteiger partial charge in [0.15, 0.2) is 17.3 Å². The highest BCUT2D eigenvalue weighted by atomic mass is 19.1. The van der Waals surface area contributed by atoms with Crippen molar-refractivity contribution in [3.05, 3.63) is 54.2 Å². The standard InChI is InChI=1S/C14H11FO3/c1-10(16)2-7-13-14(8-9-17-13)18-12-5-3-11(15)4-6-12/h2-9H,1H3/b7-2+. The molecule has 1 heterocycles. The molecule has 4 heteroatoms. The van der Waals surface area contributed by atoms with Gasteiger partial charge >= 0.3 is 0 Å². The number of rotatable bonds is 4. The van der Waals surface area contributed by atoms with E-state index in [-0.39, 0.29) is 11.6 Å². The van der Waals surface area contributed by atoms with Crippen LogP contribution in [0.25, 0.3) is 6.08 Å². The highest BCUT2D eigenvalue weighted by Gasteiger charge is 2.06. The summed E-state index contributed by atoms with van der Waals surface area (Å²) in [5, 5.41) is 0. The van der Waals surface area contributed by atoms with Crippen LogP contribution in [0.2, 0.25) is 0 Å². The van der Waals surface area contributed by atoms with Crippen LogP contribution in [0.15, 0.2) is 47.1 Å². The van der Waals surface area contributed by atoms with Crippen molar-refractivity contribution in [2.24, 2.45) is 0 Å². The highest BCUT2D eigenvalue weighted by Crippen LogP contribution is 2.27. The summed E-state index contributed by atoms with van der Waals surface area (Å²) in [7, 11) is 0. The Morgan fingerprint density at radius 3 is 2.67 bits per heavy atom. The topological polar surface area (TPSA) is 39.4 Å². The van der Waals surface area contributed by atoms with Gasteiger partial charge in [0.1, 0.15) is 11.6 Å². The zero-order valence-corrected chi connectivity index (χ0v) is 9.72. The lowest BCUT2D eigenvalue weighted by Crippen LogP contribution is -1.85. The molecule has 92 valence electrons. The summed E-state index contributed by atoms with van der Waals surface area (Å²) < 4.78 is 23.4. The first-order chi connectivity index (χ1) is 8.65. The van der Waals surface area contributed by atoms with Crippen molar-refractivity contribution in [2.75, 3.05) is 0 Å². The molecule has 0 unspecified atom stereocenters. The Labute approximate surface area is 103 Å². The van der Waals surface area contributed by atoms with Gasteiger partial charge in [-0.15, -0.1) is 0 Å². The molecular formula is C14H11FO3. The van der Waals surface area contributed by atoms with Crippen LogP contribution in [0, 0.1) is 5.82 Å². The molecule has 1 aromatic carbocycles. The molecule has 0 fully saturated rings. The maximum absolute atomic E-state index is 12.7. The Balaban J connectivity index is 2.17. The molecule has 0 atom stereocenters. The number of carbonyl (C=O) groups is 1. The van der Waals surface area contributed by atoms with Crippen LogP contribution in [-0.2, 0) is 4.79 Å². The van der Waals surface area contributed by atoms with Crippen LogP contribution in [0.5, 0.6) is 11.5 Å². The van der Waals surface area contributed by atoms with Crippen LogP contribution < -0.4 is 4.74 Å². The van der Waals surface area contributed by atoms with Gasteiger partial charge in [0, 0.05) is 6.07 Å². The van der Waals surface area contributed by atoms with Crippen LogP contribution >= 0.6 is 0 Å². The second-order valence-corrected chi connectivity index (χ2v) is 3.65. The van der Waals surface area contributed by atoms with Crippen molar-refractivity contribution in [1.82, 2.24) is 0 Å². The van der Waals surface area contributed by atoms with E-state index in [1.165, 1.54) is 49.6 Å². The summed E-state index contributed by atoms with van der Waals surface area (Å²) in [6.07, 6.45) is 4.37. The smallest absolute Gasteiger partial charge is 0.172 e.